The zero-order valence-corrected chi connectivity index (χ0v) is 15.1. The lowest BCUT2D eigenvalue weighted by molar-refractivity contribution is 0.548. The second-order valence-electron chi connectivity index (χ2n) is 6.37. The molecule has 3 nitrogen and oxygen atoms in total. The Labute approximate surface area is 156 Å². The molecule has 3 aromatic carbocycles. The van der Waals surface area contributed by atoms with E-state index in [0.717, 1.165) is 32.3 Å². The number of fused-ring (bicyclic) bond motifs is 3. The highest BCUT2D eigenvalue weighted by Gasteiger charge is 2.12. The predicted octanol–water partition coefficient (Wildman–Crippen LogP) is 5.45. The van der Waals surface area contributed by atoms with Crippen LogP contribution in [0.2, 0.25) is 5.02 Å². The minimum absolute atomic E-state index is 0.0565. The van der Waals surface area contributed by atoms with Crippen molar-refractivity contribution in [3.63, 3.8) is 0 Å². The molecule has 26 heavy (non-hydrogen) atoms. The number of hydrogen-bond donors (Lipinski definition) is 1. The summed E-state index contributed by atoms with van der Waals surface area (Å²) < 4.78 is 5.42. The smallest absolute Gasteiger partial charge is 0.336 e. The molecule has 0 aliphatic heterocycles. The van der Waals surface area contributed by atoms with Gasteiger partial charge >= 0.3 is 5.63 Å². The van der Waals surface area contributed by atoms with Crippen molar-refractivity contribution in [1.82, 2.24) is 5.32 Å². The normalized spacial score (nSPS) is 12.5. The number of nitrogens with one attached hydrogen (secondary N) is 1. The fraction of sp³-hybridized carbons (Fsp3) is 0.136. The molecule has 4 aromatic rings. The lowest BCUT2D eigenvalue weighted by Crippen LogP contribution is -2.19. The van der Waals surface area contributed by atoms with E-state index in [1.165, 1.54) is 0 Å². The number of hydrogen-bond acceptors (Lipinski definition) is 3. The molecule has 0 bridgehead atoms. The van der Waals surface area contributed by atoms with Gasteiger partial charge in [0.25, 0.3) is 0 Å². The summed E-state index contributed by atoms with van der Waals surface area (Å²) in [4.78, 5) is 12.0. The van der Waals surface area contributed by atoms with Gasteiger partial charge in [0.15, 0.2) is 0 Å². The summed E-state index contributed by atoms with van der Waals surface area (Å²) in [5.74, 6) is 0. The van der Waals surface area contributed by atoms with Crippen molar-refractivity contribution in [2.45, 2.75) is 19.5 Å². The van der Waals surface area contributed by atoms with E-state index in [1.807, 2.05) is 48.5 Å². The molecule has 4 rings (SSSR count). The Bertz CT molecular complexity index is 1150. The van der Waals surface area contributed by atoms with Crippen molar-refractivity contribution in [2.24, 2.45) is 0 Å². The van der Waals surface area contributed by atoms with Crippen molar-refractivity contribution in [1.29, 1.82) is 0 Å². The first-order valence-electron chi connectivity index (χ1n) is 8.56. The van der Waals surface area contributed by atoms with Crippen molar-refractivity contribution in [3.8, 4) is 0 Å². The van der Waals surface area contributed by atoms with Gasteiger partial charge in [-0.25, -0.2) is 4.79 Å². The van der Waals surface area contributed by atoms with Crippen LogP contribution >= 0.6 is 11.6 Å². The predicted molar refractivity (Wildman–Crippen MR) is 107 cm³/mol. The molecule has 0 unspecified atom stereocenters. The fourth-order valence-electron chi connectivity index (χ4n) is 3.36. The van der Waals surface area contributed by atoms with Crippen LogP contribution in [0.1, 0.15) is 24.1 Å². The molecule has 0 aliphatic carbocycles. The van der Waals surface area contributed by atoms with Crippen LogP contribution in [-0.2, 0) is 6.54 Å². The van der Waals surface area contributed by atoms with Crippen LogP contribution in [0.5, 0.6) is 0 Å². The second-order valence-corrected chi connectivity index (χ2v) is 6.78. The standard InChI is InChI=1S/C22H18ClNO2/c1-14(17-7-4-5-9-19(17)23)24-13-16-12-21(25)26-20-11-10-15-6-2-3-8-18(15)22(16)20/h2-12,14,24H,13H2,1H3/t14-/m0/s1. The van der Waals surface area contributed by atoms with Crippen molar-refractivity contribution in [2.75, 3.05) is 0 Å². The zero-order chi connectivity index (χ0) is 18.1. The van der Waals surface area contributed by atoms with Gasteiger partial charge in [0.1, 0.15) is 5.58 Å². The third kappa shape index (κ3) is 3.12. The van der Waals surface area contributed by atoms with E-state index < -0.39 is 0 Å². The highest BCUT2D eigenvalue weighted by atomic mass is 35.5. The van der Waals surface area contributed by atoms with Gasteiger partial charge in [-0.1, -0.05) is 60.1 Å². The molecule has 4 heteroatoms. The lowest BCUT2D eigenvalue weighted by atomic mass is 10.0. The number of benzene rings is 3. The minimum Gasteiger partial charge on any atom is -0.423 e. The van der Waals surface area contributed by atoms with Crippen LogP contribution in [0.4, 0.5) is 0 Å². The Kier molecular flexibility index (Phi) is 4.49. The van der Waals surface area contributed by atoms with Gasteiger partial charge in [-0.3, -0.25) is 0 Å². The van der Waals surface area contributed by atoms with Gasteiger partial charge in [-0.2, -0.15) is 0 Å². The fourth-order valence-corrected chi connectivity index (χ4v) is 3.66. The summed E-state index contributed by atoms with van der Waals surface area (Å²) in [6, 6.07) is 21.4. The molecule has 0 saturated carbocycles. The van der Waals surface area contributed by atoms with E-state index in [9.17, 15) is 4.79 Å². The SMILES string of the molecule is C[C@H](NCc1cc(=O)oc2ccc3ccccc3c12)c1ccccc1Cl. The van der Waals surface area contributed by atoms with E-state index in [4.69, 9.17) is 16.0 Å². The summed E-state index contributed by atoms with van der Waals surface area (Å²) in [7, 11) is 0. The van der Waals surface area contributed by atoms with Crippen molar-refractivity contribution >= 4 is 33.3 Å². The van der Waals surface area contributed by atoms with Gasteiger partial charge in [0.2, 0.25) is 0 Å². The first kappa shape index (κ1) is 16.8. The quantitative estimate of drug-likeness (QED) is 0.387. The largest absolute Gasteiger partial charge is 0.423 e. The average Bonchev–Trinajstić information content (AvgIpc) is 2.65. The van der Waals surface area contributed by atoms with E-state index in [0.29, 0.717) is 12.1 Å². The maximum absolute atomic E-state index is 12.0. The van der Waals surface area contributed by atoms with Crippen LogP contribution in [0.25, 0.3) is 21.7 Å². The van der Waals surface area contributed by atoms with Crippen molar-refractivity contribution in [3.05, 3.63) is 93.3 Å². The Hall–Kier alpha value is -2.62. The maximum Gasteiger partial charge on any atom is 0.336 e. The molecular formula is C22H18ClNO2. The molecule has 1 aromatic heterocycles. The van der Waals surface area contributed by atoms with Crippen molar-refractivity contribution < 1.29 is 4.42 Å². The van der Waals surface area contributed by atoms with Crippen LogP contribution in [0.3, 0.4) is 0 Å². The van der Waals surface area contributed by atoms with Gasteiger partial charge in [0.05, 0.1) is 0 Å². The topological polar surface area (TPSA) is 42.2 Å². The van der Waals surface area contributed by atoms with E-state index >= 15 is 0 Å². The first-order valence-corrected chi connectivity index (χ1v) is 8.93. The first-order chi connectivity index (χ1) is 12.6. The molecule has 130 valence electrons. The molecule has 0 spiro atoms. The third-order valence-electron chi connectivity index (χ3n) is 4.68. The summed E-state index contributed by atoms with van der Waals surface area (Å²) in [5, 5.41) is 7.38. The highest BCUT2D eigenvalue weighted by Crippen LogP contribution is 2.28. The minimum atomic E-state index is -0.338. The van der Waals surface area contributed by atoms with E-state index in [1.54, 1.807) is 6.07 Å². The van der Waals surface area contributed by atoms with Crippen LogP contribution in [0.15, 0.2) is 75.9 Å². The molecule has 1 N–H and O–H groups in total. The molecule has 0 saturated heterocycles. The Balaban J connectivity index is 1.75. The van der Waals surface area contributed by atoms with Gasteiger partial charge in [-0.05, 0) is 41.0 Å². The van der Waals surface area contributed by atoms with Crippen LogP contribution in [-0.4, -0.2) is 0 Å². The van der Waals surface area contributed by atoms with Gasteiger partial charge in [-0.15, -0.1) is 0 Å². The van der Waals surface area contributed by atoms with Gasteiger partial charge in [0, 0.05) is 29.1 Å². The van der Waals surface area contributed by atoms with E-state index in [2.05, 4.69) is 24.4 Å². The Morgan fingerprint density at radius 2 is 1.81 bits per heavy atom. The lowest BCUT2D eigenvalue weighted by Gasteiger charge is -2.16. The molecule has 1 atom stereocenters. The molecule has 0 aliphatic rings. The average molecular weight is 364 g/mol. The molecule has 0 fully saturated rings. The van der Waals surface area contributed by atoms with Crippen LogP contribution < -0.4 is 10.9 Å². The highest BCUT2D eigenvalue weighted by molar-refractivity contribution is 6.31. The second kappa shape index (κ2) is 6.94. The molecule has 0 amide bonds. The molecular weight excluding hydrogens is 346 g/mol. The summed E-state index contributed by atoms with van der Waals surface area (Å²) in [5.41, 5.74) is 2.23. The number of halogens is 1. The Morgan fingerprint density at radius 1 is 1.04 bits per heavy atom. The summed E-state index contributed by atoms with van der Waals surface area (Å²) in [6.45, 7) is 2.61. The molecule has 1 heterocycles. The number of rotatable bonds is 4. The molecule has 0 radical (unpaired) electrons. The Morgan fingerprint density at radius 3 is 2.65 bits per heavy atom. The van der Waals surface area contributed by atoms with Crippen LogP contribution in [0, 0.1) is 0 Å². The maximum atomic E-state index is 12.0. The third-order valence-corrected chi connectivity index (χ3v) is 5.03. The summed E-state index contributed by atoms with van der Waals surface area (Å²) >= 11 is 6.29. The zero-order valence-electron chi connectivity index (χ0n) is 14.3. The van der Waals surface area contributed by atoms with E-state index in [-0.39, 0.29) is 11.7 Å². The van der Waals surface area contributed by atoms with Gasteiger partial charge < -0.3 is 9.73 Å². The monoisotopic (exact) mass is 363 g/mol. The summed E-state index contributed by atoms with van der Waals surface area (Å²) in [6.07, 6.45) is 0.